The second kappa shape index (κ2) is 4.05. The van der Waals surface area contributed by atoms with Crippen LogP contribution in [0.4, 0.5) is 0 Å². The lowest BCUT2D eigenvalue weighted by molar-refractivity contribution is 0.0815. The number of carbonyl (C=O) groups excluding carboxylic acids is 2. The van der Waals surface area contributed by atoms with Crippen LogP contribution in [0.15, 0.2) is 24.3 Å². The van der Waals surface area contributed by atoms with Crippen molar-refractivity contribution in [2.75, 3.05) is 14.1 Å². The maximum absolute atomic E-state index is 12.1. The van der Waals surface area contributed by atoms with Crippen LogP contribution in [-0.4, -0.2) is 35.8 Å². The Balaban J connectivity index is 2.82. The van der Waals surface area contributed by atoms with Gasteiger partial charge in [-0.2, -0.15) is 0 Å². The Labute approximate surface area is 99.4 Å². The zero-order chi connectivity index (χ0) is 12.6. The van der Waals surface area contributed by atoms with Crippen LogP contribution in [0.5, 0.6) is 0 Å². The molecule has 0 N–H and O–H groups in total. The van der Waals surface area contributed by atoms with Crippen LogP contribution in [0.3, 0.4) is 0 Å². The van der Waals surface area contributed by atoms with Crippen molar-refractivity contribution in [3.8, 4) is 0 Å². The molecule has 0 radical (unpaired) electrons. The highest BCUT2D eigenvalue weighted by atomic mass is 16.2. The first-order valence-corrected chi connectivity index (χ1v) is 5.32. The molecule has 17 heavy (non-hydrogen) atoms. The molecule has 88 valence electrons. The first-order valence-electron chi connectivity index (χ1n) is 5.32. The summed E-state index contributed by atoms with van der Waals surface area (Å²) in [6.45, 7) is 0. The van der Waals surface area contributed by atoms with E-state index >= 15 is 0 Å². The maximum Gasteiger partial charge on any atom is 0.270 e. The third-order valence-electron chi connectivity index (χ3n) is 2.87. The first kappa shape index (κ1) is 11.4. The number of aldehydes is 1. The highest BCUT2D eigenvalue weighted by molar-refractivity contribution is 6.10. The highest BCUT2D eigenvalue weighted by Gasteiger charge is 2.21. The molecule has 1 aromatic carbocycles. The van der Waals surface area contributed by atoms with Gasteiger partial charge in [0.1, 0.15) is 5.69 Å². The Morgan fingerprint density at radius 1 is 1.29 bits per heavy atom. The van der Waals surface area contributed by atoms with E-state index in [2.05, 4.69) is 0 Å². The molecule has 0 atom stereocenters. The van der Waals surface area contributed by atoms with Gasteiger partial charge in [-0.15, -0.1) is 0 Å². The molecule has 4 nitrogen and oxygen atoms in total. The lowest BCUT2D eigenvalue weighted by Gasteiger charge is -2.11. The minimum atomic E-state index is -0.161. The zero-order valence-corrected chi connectivity index (χ0v) is 10.1. The molecule has 1 aromatic heterocycles. The van der Waals surface area contributed by atoms with Crippen LogP contribution in [0, 0.1) is 0 Å². The minimum absolute atomic E-state index is 0.161. The van der Waals surface area contributed by atoms with Gasteiger partial charge >= 0.3 is 0 Å². The molecule has 1 heterocycles. The largest absolute Gasteiger partial charge is 0.343 e. The lowest BCUT2D eigenvalue weighted by Crippen LogP contribution is -2.25. The number of hydrogen-bond acceptors (Lipinski definition) is 2. The van der Waals surface area contributed by atoms with Crippen molar-refractivity contribution in [3.05, 3.63) is 35.5 Å². The molecular weight excluding hydrogens is 216 g/mol. The fourth-order valence-corrected chi connectivity index (χ4v) is 2.01. The summed E-state index contributed by atoms with van der Waals surface area (Å²) in [7, 11) is 5.15. The van der Waals surface area contributed by atoms with Gasteiger partial charge in [0.15, 0.2) is 6.29 Å². The third kappa shape index (κ3) is 1.62. The monoisotopic (exact) mass is 230 g/mol. The Morgan fingerprint density at radius 3 is 2.53 bits per heavy atom. The standard InChI is InChI=1S/C13H14N2O2/c1-14(2)13(17)12-10(8-16)9-6-4-5-7-11(9)15(12)3/h4-8H,1-3H3. The Bertz CT molecular complexity index is 597. The van der Waals surface area contributed by atoms with E-state index in [1.54, 1.807) is 25.7 Å². The van der Waals surface area contributed by atoms with Gasteiger partial charge in [-0.3, -0.25) is 9.59 Å². The molecule has 1 amide bonds. The fourth-order valence-electron chi connectivity index (χ4n) is 2.01. The summed E-state index contributed by atoms with van der Waals surface area (Å²) in [6, 6.07) is 7.50. The second-order valence-corrected chi connectivity index (χ2v) is 4.16. The molecule has 0 bridgehead atoms. The van der Waals surface area contributed by atoms with E-state index in [1.165, 1.54) is 4.90 Å². The number of rotatable bonds is 2. The summed E-state index contributed by atoms with van der Waals surface area (Å²) in [6.07, 6.45) is 0.749. The molecule has 0 aliphatic heterocycles. The van der Waals surface area contributed by atoms with E-state index in [9.17, 15) is 9.59 Å². The van der Waals surface area contributed by atoms with Gasteiger partial charge in [0.05, 0.1) is 5.56 Å². The number of amides is 1. The van der Waals surface area contributed by atoms with Crippen LogP contribution in [0.1, 0.15) is 20.8 Å². The summed E-state index contributed by atoms with van der Waals surface area (Å²) >= 11 is 0. The Hall–Kier alpha value is -2.10. The normalized spacial score (nSPS) is 10.5. The number of benzene rings is 1. The molecule has 0 aliphatic carbocycles. The summed E-state index contributed by atoms with van der Waals surface area (Å²) in [5, 5.41) is 0.815. The quantitative estimate of drug-likeness (QED) is 0.737. The van der Waals surface area contributed by atoms with Crippen molar-refractivity contribution in [3.63, 3.8) is 0 Å². The molecular formula is C13H14N2O2. The smallest absolute Gasteiger partial charge is 0.270 e. The van der Waals surface area contributed by atoms with Crippen LogP contribution in [-0.2, 0) is 7.05 Å². The van der Waals surface area contributed by atoms with E-state index in [4.69, 9.17) is 0 Å². The summed E-state index contributed by atoms with van der Waals surface area (Å²) < 4.78 is 1.77. The molecule has 0 fully saturated rings. The van der Waals surface area contributed by atoms with Crippen molar-refractivity contribution in [1.29, 1.82) is 0 Å². The van der Waals surface area contributed by atoms with Crippen molar-refractivity contribution in [2.45, 2.75) is 0 Å². The van der Waals surface area contributed by atoms with Gasteiger partial charge in [-0.1, -0.05) is 18.2 Å². The molecule has 0 aliphatic rings. The predicted molar refractivity (Wildman–Crippen MR) is 66.3 cm³/mol. The van der Waals surface area contributed by atoms with Gasteiger partial charge in [-0.25, -0.2) is 0 Å². The van der Waals surface area contributed by atoms with Crippen LogP contribution in [0.2, 0.25) is 0 Å². The molecule has 0 saturated heterocycles. The van der Waals surface area contributed by atoms with Gasteiger partial charge < -0.3 is 9.47 Å². The minimum Gasteiger partial charge on any atom is -0.343 e. The fraction of sp³-hybridized carbons (Fsp3) is 0.231. The van der Waals surface area contributed by atoms with E-state index < -0.39 is 0 Å². The third-order valence-corrected chi connectivity index (χ3v) is 2.87. The number of para-hydroxylation sites is 1. The summed E-state index contributed by atoms with van der Waals surface area (Å²) in [4.78, 5) is 24.7. The van der Waals surface area contributed by atoms with Crippen LogP contribution >= 0.6 is 0 Å². The van der Waals surface area contributed by atoms with E-state index in [0.717, 1.165) is 17.2 Å². The number of fused-ring (bicyclic) bond motifs is 1. The van der Waals surface area contributed by atoms with E-state index in [0.29, 0.717) is 11.3 Å². The van der Waals surface area contributed by atoms with E-state index in [1.807, 2.05) is 24.3 Å². The average Bonchev–Trinajstić information content (AvgIpc) is 2.61. The van der Waals surface area contributed by atoms with Gasteiger partial charge in [0.25, 0.3) is 5.91 Å². The number of carbonyl (C=O) groups is 2. The predicted octanol–water partition coefficient (Wildman–Crippen LogP) is 1.69. The molecule has 4 heteroatoms. The summed E-state index contributed by atoms with van der Waals surface area (Å²) in [5.74, 6) is -0.161. The van der Waals surface area contributed by atoms with E-state index in [-0.39, 0.29) is 5.91 Å². The van der Waals surface area contributed by atoms with Gasteiger partial charge in [-0.05, 0) is 6.07 Å². The number of aromatic nitrogens is 1. The number of hydrogen-bond donors (Lipinski definition) is 0. The van der Waals surface area contributed by atoms with Crippen molar-refractivity contribution in [1.82, 2.24) is 9.47 Å². The molecule has 0 saturated carbocycles. The van der Waals surface area contributed by atoms with Crippen molar-refractivity contribution >= 4 is 23.1 Å². The topological polar surface area (TPSA) is 42.3 Å². The maximum atomic E-state index is 12.1. The Kier molecular flexibility index (Phi) is 2.71. The van der Waals surface area contributed by atoms with Gasteiger partial charge in [0.2, 0.25) is 0 Å². The first-order chi connectivity index (χ1) is 8.07. The van der Waals surface area contributed by atoms with Crippen LogP contribution < -0.4 is 0 Å². The number of aryl methyl sites for hydroxylation is 1. The van der Waals surface area contributed by atoms with Crippen molar-refractivity contribution in [2.24, 2.45) is 7.05 Å². The molecule has 0 unspecified atom stereocenters. The summed E-state index contributed by atoms with van der Waals surface area (Å²) in [5.41, 5.74) is 1.79. The molecule has 2 aromatic rings. The second-order valence-electron chi connectivity index (χ2n) is 4.16. The Morgan fingerprint density at radius 2 is 1.94 bits per heavy atom. The zero-order valence-electron chi connectivity index (χ0n) is 10.1. The molecule has 2 rings (SSSR count). The van der Waals surface area contributed by atoms with Crippen LogP contribution in [0.25, 0.3) is 10.9 Å². The van der Waals surface area contributed by atoms with Crippen molar-refractivity contribution < 1.29 is 9.59 Å². The number of nitrogens with zero attached hydrogens (tertiary/aromatic N) is 2. The molecule has 0 spiro atoms. The SMILES string of the molecule is CN(C)C(=O)c1c(C=O)c2ccccc2n1C. The average molecular weight is 230 g/mol. The highest BCUT2D eigenvalue weighted by Crippen LogP contribution is 2.24. The van der Waals surface area contributed by atoms with Gasteiger partial charge in [0, 0.05) is 32.0 Å². The lowest BCUT2D eigenvalue weighted by atomic mass is 10.1.